The van der Waals surface area contributed by atoms with Crippen LogP contribution in [0.25, 0.3) is 0 Å². The predicted octanol–water partition coefficient (Wildman–Crippen LogP) is 0.458. The Morgan fingerprint density at radius 3 is 2.50 bits per heavy atom. The van der Waals surface area contributed by atoms with E-state index in [0.29, 0.717) is 6.04 Å². The third-order valence-corrected chi connectivity index (χ3v) is 3.06. The molecule has 0 radical (unpaired) electrons. The van der Waals surface area contributed by atoms with Gasteiger partial charge in [-0.3, -0.25) is 0 Å². The molecule has 4 nitrogen and oxygen atoms in total. The maximum atomic E-state index is 9.36. The highest BCUT2D eigenvalue weighted by Crippen LogP contribution is 2.17. The highest BCUT2D eigenvalue weighted by Gasteiger charge is 2.18. The summed E-state index contributed by atoms with van der Waals surface area (Å²) in [6, 6.07) is 0.584. The summed E-state index contributed by atoms with van der Waals surface area (Å²) < 4.78 is 5.50. The van der Waals surface area contributed by atoms with E-state index in [1.807, 2.05) is 0 Å². The van der Waals surface area contributed by atoms with Crippen molar-refractivity contribution in [2.24, 2.45) is 0 Å². The molecule has 1 aliphatic rings. The van der Waals surface area contributed by atoms with Crippen LogP contribution in [0.1, 0.15) is 25.7 Å². The molecular weight excluding hydrogens is 204 g/mol. The van der Waals surface area contributed by atoms with Gasteiger partial charge in [0.2, 0.25) is 0 Å². The van der Waals surface area contributed by atoms with Crippen molar-refractivity contribution in [3.8, 4) is 0 Å². The third kappa shape index (κ3) is 6.43. The van der Waals surface area contributed by atoms with Gasteiger partial charge in [-0.25, -0.2) is 0 Å². The molecule has 0 heterocycles. The number of hydrogen-bond acceptors (Lipinski definition) is 4. The summed E-state index contributed by atoms with van der Waals surface area (Å²) in [5.41, 5.74) is 0. The first-order chi connectivity index (χ1) is 7.68. The maximum absolute atomic E-state index is 9.36. The average Bonchev–Trinajstić information content (AvgIpc) is 2.25. The van der Waals surface area contributed by atoms with E-state index in [2.05, 4.69) is 24.3 Å². The summed E-state index contributed by atoms with van der Waals surface area (Å²) in [6.07, 6.45) is 4.02. The summed E-state index contributed by atoms with van der Waals surface area (Å²) in [7, 11) is 4.10. The smallest absolute Gasteiger partial charge is 0.0593 e. The minimum Gasteiger partial charge on any atom is -0.393 e. The minimum atomic E-state index is -0.0607. The number of likely N-dealkylation sites (N-methyl/N-ethyl adjacent to an activating group) is 1. The van der Waals surface area contributed by atoms with E-state index in [0.717, 1.165) is 52.0 Å². The minimum absolute atomic E-state index is 0.0607. The summed E-state index contributed by atoms with van der Waals surface area (Å²) in [4.78, 5) is 2.12. The first-order valence-electron chi connectivity index (χ1n) is 6.32. The number of aliphatic hydroxyl groups excluding tert-OH is 1. The zero-order valence-electron chi connectivity index (χ0n) is 10.6. The van der Waals surface area contributed by atoms with Crippen molar-refractivity contribution in [1.82, 2.24) is 10.2 Å². The zero-order chi connectivity index (χ0) is 11.8. The lowest BCUT2D eigenvalue weighted by atomic mass is 9.93. The van der Waals surface area contributed by atoms with Gasteiger partial charge in [-0.15, -0.1) is 0 Å². The molecule has 1 fully saturated rings. The Kier molecular flexibility index (Phi) is 6.96. The number of aliphatic hydroxyl groups is 1. The molecule has 96 valence electrons. The molecular formula is C12H26N2O2. The Morgan fingerprint density at radius 2 is 1.88 bits per heavy atom. The summed E-state index contributed by atoms with van der Waals surface area (Å²) >= 11 is 0. The number of nitrogens with zero attached hydrogens (tertiary/aromatic N) is 1. The van der Waals surface area contributed by atoms with E-state index in [-0.39, 0.29) is 6.10 Å². The summed E-state index contributed by atoms with van der Waals surface area (Å²) in [6.45, 7) is 3.49. The first kappa shape index (κ1) is 13.9. The molecule has 0 aromatic heterocycles. The van der Waals surface area contributed by atoms with Crippen LogP contribution in [0.4, 0.5) is 0 Å². The Morgan fingerprint density at radius 1 is 1.19 bits per heavy atom. The molecule has 1 saturated carbocycles. The van der Waals surface area contributed by atoms with E-state index < -0.39 is 0 Å². The van der Waals surface area contributed by atoms with Crippen LogP contribution >= 0.6 is 0 Å². The zero-order valence-corrected chi connectivity index (χ0v) is 10.6. The summed E-state index contributed by atoms with van der Waals surface area (Å²) in [5, 5.41) is 12.8. The Hall–Kier alpha value is -0.160. The second kappa shape index (κ2) is 8.01. The standard InChI is InChI=1S/C12H26N2O2/c1-14(2)8-10-16-9-7-13-11-3-5-12(15)6-4-11/h11-13,15H,3-10H2,1-2H3. The van der Waals surface area contributed by atoms with Crippen LogP contribution in [0.2, 0.25) is 0 Å². The molecule has 1 aliphatic carbocycles. The lowest BCUT2D eigenvalue weighted by Gasteiger charge is -2.26. The maximum Gasteiger partial charge on any atom is 0.0593 e. The number of ether oxygens (including phenoxy) is 1. The van der Waals surface area contributed by atoms with Crippen molar-refractivity contribution in [2.75, 3.05) is 40.4 Å². The van der Waals surface area contributed by atoms with Crippen LogP contribution in [0.3, 0.4) is 0 Å². The van der Waals surface area contributed by atoms with Gasteiger partial charge in [0.15, 0.2) is 0 Å². The molecule has 0 amide bonds. The van der Waals surface area contributed by atoms with Crippen molar-refractivity contribution < 1.29 is 9.84 Å². The van der Waals surface area contributed by atoms with E-state index in [9.17, 15) is 5.11 Å². The van der Waals surface area contributed by atoms with E-state index in [4.69, 9.17) is 4.74 Å². The molecule has 0 aromatic rings. The fourth-order valence-electron chi connectivity index (χ4n) is 1.96. The van der Waals surface area contributed by atoms with Crippen molar-refractivity contribution in [2.45, 2.75) is 37.8 Å². The number of nitrogens with one attached hydrogen (secondary N) is 1. The molecule has 0 saturated heterocycles. The van der Waals surface area contributed by atoms with Gasteiger partial charge in [0.1, 0.15) is 0 Å². The second-order valence-corrected chi connectivity index (χ2v) is 4.88. The topological polar surface area (TPSA) is 44.7 Å². The van der Waals surface area contributed by atoms with Crippen molar-refractivity contribution in [1.29, 1.82) is 0 Å². The second-order valence-electron chi connectivity index (χ2n) is 4.88. The van der Waals surface area contributed by atoms with Gasteiger partial charge in [-0.05, 0) is 39.8 Å². The lowest BCUT2D eigenvalue weighted by molar-refractivity contribution is 0.102. The SMILES string of the molecule is CN(C)CCOCCNC1CCC(O)CC1. The highest BCUT2D eigenvalue weighted by atomic mass is 16.5. The van der Waals surface area contributed by atoms with Gasteiger partial charge >= 0.3 is 0 Å². The molecule has 1 rings (SSSR count). The van der Waals surface area contributed by atoms with Gasteiger partial charge < -0.3 is 20.1 Å². The molecule has 0 aliphatic heterocycles. The third-order valence-electron chi connectivity index (χ3n) is 3.06. The van der Waals surface area contributed by atoms with Crippen LogP contribution in [0.5, 0.6) is 0 Å². The van der Waals surface area contributed by atoms with Crippen LogP contribution in [0.15, 0.2) is 0 Å². The molecule has 0 atom stereocenters. The molecule has 0 spiro atoms. The molecule has 2 N–H and O–H groups in total. The molecule has 0 aromatic carbocycles. The normalized spacial score (nSPS) is 26.2. The Balaban J connectivity index is 1.87. The highest BCUT2D eigenvalue weighted by molar-refractivity contribution is 4.76. The Labute approximate surface area is 99.0 Å². The number of rotatable bonds is 7. The van der Waals surface area contributed by atoms with Crippen LogP contribution < -0.4 is 5.32 Å². The van der Waals surface area contributed by atoms with Crippen molar-refractivity contribution in [3.63, 3.8) is 0 Å². The number of hydrogen-bond donors (Lipinski definition) is 2. The quantitative estimate of drug-likeness (QED) is 0.624. The monoisotopic (exact) mass is 230 g/mol. The molecule has 4 heteroatoms. The first-order valence-corrected chi connectivity index (χ1v) is 6.32. The van der Waals surface area contributed by atoms with E-state index in [1.165, 1.54) is 0 Å². The largest absolute Gasteiger partial charge is 0.393 e. The molecule has 0 bridgehead atoms. The average molecular weight is 230 g/mol. The van der Waals surface area contributed by atoms with Gasteiger partial charge in [0, 0.05) is 19.1 Å². The van der Waals surface area contributed by atoms with Gasteiger partial charge in [-0.2, -0.15) is 0 Å². The van der Waals surface area contributed by atoms with Crippen LogP contribution in [0, 0.1) is 0 Å². The van der Waals surface area contributed by atoms with E-state index in [1.54, 1.807) is 0 Å². The van der Waals surface area contributed by atoms with Crippen LogP contribution in [-0.2, 0) is 4.74 Å². The van der Waals surface area contributed by atoms with Crippen LogP contribution in [-0.4, -0.2) is 62.6 Å². The Bertz CT molecular complexity index is 168. The predicted molar refractivity (Wildman–Crippen MR) is 65.6 cm³/mol. The van der Waals surface area contributed by atoms with Gasteiger partial charge in [0.25, 0.3) is 0 Å². The van der Waals surface area contributed by atoms with Crippen molar-refractivity contribution >= 4 is 0 Å². The fourth-order valence-corrected chi connectivity index (χ4v) is 1.96. The van der Waals surface area contributed by atoms with Gasteiger partial charge in [0.05, 0.1) is 19.3 Å². The summed E-state index contributed by atoms with van der Waals surface area (Å²) in [5.74, 6) is 0. The molecule has 0 unspecified atom stereocenters. The fraction of sp³-hybridized carbons (Fsp3) is 1.00. The van der Waals surface area contributed by atoms with Gasteiger partial charge in [-0.1, -0.05) is 0 Å². The molecule has 16 heavy (non-hydrogen) atoms. The van der Waals surface area contributed by atoms with E-state index >= 15 is 0 Å². The van der Waals surface area contributed by atoms with Crippen molar-refractivity contribution in [3.05, 3.63) is 0 Å². The lowest BCUT2D eigenvalue weighted by Crippen LogP contribution is -2.36.